The second kappa shape index (κ2) is 8.82. The lowest BCUT2D eigenvalue weighted by Crippen LogP contribution is -2.29. The number of ether oxygens (including phenoxy) is 3. The number of benzene rings is 1. The Balaban J connectivity index is 2.60. The molecule has 0 heterocycles. The second-order valence-electron chi connectivity index (χ2n) is 4.00. The van der Waals surface area contributed by atoms with Crippen LogP contribution in [0.25, 0.3) is 0 Å². The average Bonchev–Trinajstić information content (AvgIpc) is 2.43. The van der Waals surface area contributed by atoms with Crippen molar-refractivity contribution in [1.82, 2.24) is 5.43 Å². The van der Waals surface area contributed by atoms with Crippen LogP contribution in [0.1, 0.15) is 18.0 Å². The van der Waals surface area contributed by atoms with E-state index in [0.29, 0.717) is 37.6 Å². The van der Waals surface area contributed by atoms with E-state index < -0.39 is 0 Å². The first-order valence-electron chi connectivity index (χ1n) is 6.09. The zero-order chi connectivity index (χ0) is 14.1. The number of nitrogens with two attached hydrogens (primary N) is 1. The van der Waals surface area contributed by atoms with Crippen LogP contribution in [-0.2, 0) is 9.47 Å². The summed E-state index contributed by atoms with van der Waals surface area (Å²) in [5.74, 6) is 5.79. The molecule has 0 spiro atoms. The molecule has 0 saturated carbocycles. The molecule has 0 aromatic heterocycles. The predicted molar refractivity (Wildman–Crippen MR) is 70.3 cm³/mol. The average molecular weight is 272 g/mol. The van der Waals surface area contributed by atoms with Gasteiger partial charge in [-0.05, 0) is 24.6 Å². The van der Waals surface area contributed by atoms with Crippen molar-refractivity contribution in [2.75, 3.05) is 34.0 Å². The second-order valence-corrected chi connectivity index (χ2v) is 4.00. The minimum Gasteiger partial charge on any atom is -0.496 e. The number of rotatable bonds is 9. The van der Waals surface area contributed by atoms with Crippen molar-refractivity contribution in [3.8, 4) is 5.75 Å². The SMILES string of the molecule is COCCOCCC(NN)c1cc(F)ccc1OC. The fourth-order valence-corrected chi connectivity index (χ4v) is 1.75. The summed E-state index contributed by atoms with van der Waals surface area (Å²) < 4.78 is 28.8. The lowest BCUT2D eigenvalue weighted by molar-refractivity contribution is 0.0656. The Bertz CT molecular complexity index is 377. The van der Waals surface area contributed by atoms with Crippen LogP contribution >= 0.6 is 0 Å². The van der Waals surface area contributed by atoms with Gasteiger partial charge in [0.1, 0.15) is 11.6 Å². The van der Waals surface area contributed by atoms with Crippen molar-refractivity contribution >= 4 is 0 Å². The molecule has 1 aromatic carbocycles. The van der Waals surface area contributed by atoms with Crippen molar-refractivity contribution < 1.29 is 18.6 Å². The summed E-state index contributed by atoms with van der Waals surface area (Å²) in [6.07, 6.45) is 0.611. The van der Waals surface area contributed by atoms with E-state index >= 15 is 0 Å². The molecule has 0 aliphatic rings. The Hall–Kier alpha value is -1.21. The van der Waals surface area contributed by atoms with Gasteiger partial charge in [0.15, 0.2) is 0 Å². The fraction of sp³-hybridized carbons (Fsp3) is 0.538. The number of halogens is 1. The van der Waals surface area contributed by atoms with Gasteiger partial charge in [0.05, 0.1) is 26.4 Å². The van der Waals surface area contributed by atoms with Gasteiger partial charge in [0, 0.05) is 19.3 Å². The number of hydrogen-bond acceptors (Lipinski definition) is 5. The Morgan fingerprint density at radius 3 is 2.68 bits per heavy atom. The normalized spacial score (nSPS) is 12.4. The molecule has 5 nitrogen and oxygen atoms in total. The fourth-order valence-electron chi connectivity index (χ4n) is 1.75. The first-order valence-corrected chi connectivity index (χ1v) is 6.09. The van der Waals surface area contributed by atoms with E-state index in [-0.39, 0.29) is 11.9 Å². The minimum atomic E-state index is -0.323. The molecule has 1 unspecified atom stereocenters. The molecule has 3 N–H and O–H groups in total. The topological polar surface area (TPSA) is 65.7 Å². The minimum absolute atomic E-state index is 0.229. The summed E-state index contributed by atoms with van der Waals surface area (Å²) in [4.78, 5) is 0. The number of nitrogens with one attached hydrogen (secondary N) is 1. The maximum absolute atomic E-state index is 13.3. The molecule has 19 heavy (non-hydrogen) atoms. The summed E-state index contributed by atoms with van der Waals surface area (Å²) >= 11 is 0. The maximum atomic E-state index is 13.3. The molecule has 0 fully saturated rings. The van der Waals surface area contributed by atoms with Gasteiger partial charge in [-0.15, -0.1) is 0 Å². The van der Waals surface area contributed by atoms with Crippen molar-refractivity contribution in [2.45, 2.75) is 12.5 Å². The largest absolute Gasteiger partial charge is 0.496 e. The third kappa shape index (κ3) is 5.12. The third-order valence-corrected chi connectivity index (χ3v) is 2.75. The number of methoxy groups -OCH3 is 2. The summed E-state index contributed by atoms with van der Waals surface area (Å²) in [6, 6.07) is 4.12. The van der Waals surface area contributed by atoms with Crippen LogP contribution in [0.4, 0.5) is 4.39 Å². The first kappa shape index (κ1) is 15.8. The molecule has 6 heteroatoms. The summed E-state index contributed by atoms with van der Waals surface area (Å²) in [6.45, 7) is 1.57. The van der Waals surface area contributed by atoms with Crippen LogP contribution in [0.5, 0.6) is 5.75 Å². The highest BCUT2D eigenvalue weighted by molar-refractivity contribution is 5.36. The Labute approximate surface area is 112 Å². The van der Waals surface area contributed by atoms with Crippen molar-refractivity contribution in [1.29, 1.82) is 0 Å². The standard InChI is InChI=1S/C13H21FN2O3/c1-17-7-8-19-6-5-12(16-15)11-9-10(14)3-4-13(11)18-2/h3-4,9,12,16H,5-8,15H2,1-2H3. The van der Waals surface area contributed by atoms with Crippen LogP contribution in [0.15, 0.2) is 18.2 Å². The van der Waals surface area contributed by atoms with Crippen LogP contribution in [-0.4, -0.2) is 34.0 Å². The molecule has 0 saturated heterocycles. The molecule has 0 bridgehead atoms. The molecular weight excluding hydrogens is 251 g/mol. The Morgan fingerprint density at radius 1 is 1.26 bits per heavy atom. The van der Waals surface area contributed by atoms with E-state index in [1.165, 1.54) is 12.1 Å². The highest BCUT2D eigenvalue weighted by Gasteiger charge is 2.15. The van der Waals surface area contributed by atoms with E-state index in [1.807, 2.05) is 0 Å². The van der Waals surface area contributed by atoms with Crippen LogP contribution < -0.4 is 16.0 Å². The van der Waals surface area contributed by atoms with E-state index in [9.17, 15) is 4.39 Å². The zero-order valence-electron chi connectivity index (χ0n) is 11.3. The van der Waals surface area contributed by atoms with E-state index in [1.54, 1.807) is 20.3 Å². The van der Waals surface area contributed by atoms with Crippen LogP contribution in [0, 0.1) is 5.82 Å². The van der Waals surface area contributed by atoms with Gasteiger partial charge in [-0.3, -0.25) is 11.3 Å². The van der Waals surface area contributed by atoms with Crippen molar-refractivity contribution in [2.24, 2.45) is 5.84 Å². The molecule has 0 radical (unpaired) electrons. The van der Waals surface area contributed by atoms with Gasteiger partial charge in [-0.2, -0.15) is 0 Å². The molecule has 0 aliphatic carbocycles. The molecule has 1 rings (SSSR count). The van der Waals surface area contributed by atoms with Crippen LogP contribution in [0.3, 0.4) is 0 Å². The smallest absolute Gasteiger partial charge is 0.123 e. The van der Waals surface area contributed by atoms with Gasteiger partial charge >= 0.3 is 0 Å². The summed E-state index contributed by atoms with van der Waals surface area (Å²) in [5.41, 5.74) is 3.33. The van der Waals surface area contributed by atoms with E-state index in [4.69, 9.17) is 20.1 Å². The van der Waals surface area contributed by atoms with Crippen molar-refractivity contribution in [3.05, 3.63) is 29.6 Å². The number of hydrogen-bond donors (Lipinski definition) is 2. The molecule has 1 atom stereocenters. The van der Waals surface area contributed by atoms with E-state index in [0.717, 1.165) is 0 Å². The molecular formula is C13H21FN2O3. The van der Waals surface area contributed by atoms with Gasteiger partial charge < -0.3 is 14.2 Å². The highest BCUT2D eigenvalue weighted by atomic mass is 19.1. The predicted octanol–water partition coefficient (Wildman–Crippen LogP) is 1.39. The first-order chi connectivity index (χ1) is 9.22. The van der Waals surface area contributed by atoms with Gasteiger partial charge in [0.2, 0.25) is 0 Å². The Morgan fingerprint density at radius 2 is 2.05 bits per heavy atom. The quantitative estimate of drug-likeness (QED) is 0.404. The van der Waals surface area contributed by atoms with Gasteiger partial charge in [-0.25, -0.2) is 4.39 Å². The van der Waals surface area contributed by atoms with Gasteiger partial charge in [-0.1, -0.05) is 0 Å². The monoisotopic (exact) mass is 272 g/mol. The van der Waals surface area contributed by atoms with Gasteiger partial charge in [0.25, 0.3) is 0 Å². The Kier molecular flexibility index (Phi) is 7.35. The molecule has 108 valence electrons. The lowest BCUT2D eigenvalue weighted by atomic mass is 10.0. The molecule has 1 aromatic rings. The van der Waals surface area contributed by atoms with E-state index in [2.05, 4.69) is 5.43 Å². The highest BCUT2D eigenvalue weighted by Crippen LogP contribution is 2.27. The third-order valence-electron chi connectivity index (χ3n) is 2.75. The number of hydrazine groups is 1. The van der Waals surface area contributed by atoms with Crippen LogP contribution in [0.2, 0.25) is 0 Å². The lowest BCUT2D eigenvalue weighted by Gasteiger charge is -2.19. The molecule has 0 amide bonds. The maximum Gasteiger partial charge on any atom is 0.123 e. The van der Waals surface area contributed by atoms with Crippen molar-refractivity contribution in [3.63, 3.8) is 0 Å². The molecule has 0 aliphatic heterocycles. The summed E-state index contributed by atoms with van der Waals surface area (Å²) in [5, 5.41) is 0. The zero-order valence-corrected chi connectivity index (χ0v) is 11.3. The summed E-state index contributed by atoms with van der Waals surface area (Å²) in [7, 11) is 3.16.